The molecule has 0 spiro atoms. The molecule has 33 heavy (non-hydrogen) atoms. The van der Waals surface area contributed by atoms with E-state index in [2.05, 4.69) is 10.1 Å². The highest BCUT2D eigenvalue weighted by molar-refractivity contribution is 6.46. The third-order valence-corrected chi connectivity index (χ3v) is 6.09. The first kappa shape index (κ1) is 22.3. The van der Waals surface area contributed by atoms with Crippen LogP contribution in [0.15, 0.2) is 48.6 Å². The Hall–Kier alpha value is -3.88. The van der Waals surface area contributed by atoms with E-state index in [0.29, 0.717) is 47.8 Å². The van der Waals surface area contributed by atoms with Crippen molar-refractivity contribution in [1.29, 1.82) is 0 Å². The molecule has 2 aromatic heterocycles. The third-order valence-electron chi connectivity index (χ3n) is 6.09. The van der Waals surface area contributed by atoms with Crippen LogP contribution >= 0.6 is 0 Å². The lowest BCUT2D eigenvalue weighted by molar-refractivity contribution is -0.140. The highest BCUT2D eigenvalue weighted by Gasteiger charge is 2.47. The van der Waals surface area contributed by atoms with Crippen molar-refractivity contribution in [2.45, 2.75) is 32.9 Å². The molecule has 0 aliphatic carbocycles. The van der Waals surface area contributed by atoms with Crippen molar-refractivity contribution in [1.82, 2.24) is 24.2 Å². The number of imidazole rings is 1. The summed E-state index contributed by atoms with van der Waals surface area (Å²) in [5, 5.41) is 15.7. The molecular weight excluding hydrogens is 422 g/mol. The van der Waals surface area contributed by atoms with Gasteiger partial charge in [-0.15, -0.1) is 0 Å². The fourth-order valence-electron chi connectivity index (χ4n) is 4.42. The minimum absolute atomic E-state index is 0.0475. The lowest BCUT2D eigenvalue weighted by Crippen LogP contribution is -2.31. The van der Waals surface area contributed by atoms with Crippen molar-refractivity contribution in [2.24, 2.45) is 7.05 Å². The monoisotopic (exact) mass is 449 g/mol. The predicted octanol–water partition coefficient (Wildman–Crippen LogP) is 2.75. The Labute approximate surface area is 191 Å². The number of Topliss-reactive ketones (excluding diaryl/α,β-unsaturated/α-hetero) is 1. The van der Waals surface area contributed by atoms with Crippen LogP contribution < -0.4 is 4.74 Å². The zero-order valence-corrected chi connectivity index (χ0v) is 19.1. The Morgan fingerprint density at radius 3 is 2.58 bits per heavy atom. The van der Waals surface area contributed by atoms with E-state index >= 15 is 0 Å². The van der Waals surface area contributed by atoms with Crippen molar-refractivity contribution in [2.75, 3.05) is 13.7 Å². The first-order valence-corrected chi connectivity index (χ1v) is 10.7. The van der Waals surface area contributed by atoms with Gasteiger partial charge in [0.2, 0.25) is 0 Å². The van der Waals surface area contributed by atoms with Gasteiger partial charge in [-0.25, -0.2) is 4.98 Å². The Bertz CT molecular complexity index is 1230. The maximum Gasteiger partial charge on any atom is 0.295 e. The van der Waals surface area contributed by atoms with Gasteiger partial charge >= 0.3 is 0 Å². The molecule has 4 rings (SSSR count). The van der Waals surface area contributed by atoms with Crippen LogP contribution in [-0.4, -0.2) is 54.7 Å². The second-order valence-electron chi connectivity index (χ2n) is 8.06. The van der Waals surface area contributed by atoms with Gasteiger partial charge in [-0.3, -0.25) is 14.3 Å². The average molecular weight is 450 g/mol. The second kappa shape index (κ2) is 8.93. The number of hydrogen-bond acceptors (Lipinski definition) is 6. The molecule has 1 unspecified atom stereocenters. The number of aromatic nitrogens is 4. The molecule has 1 amide bonds. The van der Waals surface area contributed by atoms with Crippen molar-refractivity contribution in [3.8, 4) is 5.75 Å². The zero-order chi connectivity index (χ0) is 23.7. The molecule has 0 bridgehead atoms. The summed E-state index contributed by atoms with van der Waals surface area (Å²) in [6.45, 7) is 4.55. The number of aliphatic hydroxyl groups excluding tert-OH is 1. The van der Waals surface area contributed by atoms with Gasteiger partial charge in [-0.2, -0.15) is 5.10 Å². The molecule has 3 heterocycles. The number of carbonyl (C=O) groups is 2. The number of hydrogen-bond donors (Lipinski definition) is 1. The maximum absolute atomic E-state index is 13.2. The Morgan fingerprint density at radius 1 is 1.18 bits per heavy atom. The molecule has 1 aliphatic rings. The molecule has 9 heteroatoms. The van der Waals surface area contributed by atoms with Gasteiger partial charge in [0.05, 0.1) is 36.3 Å². The quantitative estimate of drug-likeness (QED) is 0.338. The largest absolute Gasteiger partial charge is 0.507 e. The SMILES string of the molecule is COc1ccccc1C1C(=C(O)c2c(C)nn(C)c2C)C(=O)C(=O)N1CCCn1ccnc1. The number of rotatable bonds is 7. The molecule has 0 radical (unpaired) electrons. The minimum Gasteiger partial charge on any atom is -0.507 e. The van der Waals surface area contributed by atoms with Crippen molar-refractivity contribution in [3.63, 3.8) is 0 Å². The number of benzene rings is 1. The first-order chi connectivity index (χ1) is 15.8. The number of aryl methyl sites for hydroxylation is 3. The molecule has 1 N–H and O–H groups in total. The van der Waals surface area contributed by atoms with Crippen LogP contribution in [0.3, 0.4) is 0 Å². The first-order valence-electron chi connectivity index (χ1n) is 10.7. The highest BCUT2D eigenvalue weighted by Crippen LogP contribution is 2.43. The number of likely N-dealkylation sites (tertiary alicyclic amines) is 1. The number of carbonyl (C=O) groups excluding carboxylic acids is 2. The highest BCUT2D eigenvalue weighted by atomic mass is 16.5. The summed E-state index contributed by atoms with van der Waals surface area (Å²) in [7, 11) is 3.31. The lowest BCUT2D eigenvalue weighted by Gasteiger charge is -2.26. The summed E-state index contributed by atoms with van der Waals surface area (Å²) in [6, 6.07) is 6.46. The molecule has 172 valence electrons. The molecular formula is C24H27N5O4. The molecule has 1 fully saturated rings. The van der Waals surface area contributed by atoms with E-state index in [-0.39, 0.29) is 11.3 Å². The van der Waals surface area contributed by atoms with Gasteiger partial charge in [0, 0.05) is 43.8 Å². The van der Waals surface area contributed by atoms with E-state index in [4.69, 9.17) is 4.74 Å². The summed E-state index contributed by atoms with van der Waals surface area (Å²) in [6.07, 6.45) is 5.86. The number of para-hydroxylation sites is 1. The van der Waals surface area contributed by atoms with E-state index in [1.54, 1.807) is 44.4 Å². The van der Waals surface area contributed by atoms with Crippen LogP contribution in [0.4, 0.5) is 0 Å². The Morgan fingerprint density at radius 2 is 1.94 bits per heavy atom. The molecule has 1 aromatic carbocycles. The van der Waals surface area contributed by atoms with Crippen LogP contribution in [0.25, 0.3) is 5.76 Å². The molecule has 1 aliphatic heterocycles. The zero-order valence-electron chi connectivity index (χ0n) is 19.1. The van der Waals surface area contributed by atoms with Gasteiger partial charge < -0.3 is 19.3 Å². The van der Waals surface area contributed by atoms with Gasteiger partial charge in [-0.1, -0.05) is 18.2 Å². The number of nitrogens with zero attached hydrogens (tertiary/aromatic N) is 5. The summed E-state index contributed by atoms with van der Waals surface area (Å²) >= 11 is 0. The lowest BCUT2D eigenvalue weighted by atomic mass is 9.94. The van der Waals surface area contributed by atoms with Gasteiger partial charge in [0.25, 0.3) is 11.7 Å². The van der Waals surface area contributed by atoms with Crippen LogP contribution in [0.1, 0.15) is 35.0 Å². The van der Waals surface area contributed by atoms with Crippen LogP contribution in [0, 0.1) is 13.8 Å². The van der Waals surface area contributed by atoms with Gasteiger partial charge in [0.1, 0.15) is 11.5 Å². The van der Waals surface area contributed by atoms with E-state index in [0.717, 1.165) is 0 Å². The Kier molecular flexibility index (Phi) is 6.04. The van der Waals surface area contributed by atoms with Crippen molar-refractivity contribution in [3.05, 3.63) is 71.1 Å². The number of ether oxygens (including phenoxy) is 1. The third kappa shape index (κ3) is 3.90. The van der Waals surface area contributed by atoms with E-state index < -0.39 is 17.7 Å². The summed E-state index contributed by atoms with van der Waals surface area (Å²) < 4.78 is 9.10. The summed E-state index contributed by atoms with van der Waals surface area (Å²) in [5.41, 5.74) is 2.44. The van der Waals surface area contributed by atoms with E-state index in [1.807, 2.05) is 35.9 Å². The topological polar surface area (TPSA) is 102 Å². The number of amides is 1. The number of aliphatic hydroxyl groups is 1. The van der Waals surface area contributed by atoms with E-state index in [9.17, 15) is 14.7 Å². The van der Waals surface area contributed by atoms with Crippen molar-refractivity contribution >= 4 is 17.4 Å². The molecule has 0 saturated carbocycles. The van der Waals surface area contributed by atoms with Crippen LogP contribution in [-0.2, 0) is 23.2 Å². The molecule has 9 nitrogen and oxygen atoms in total. The normalized spacial score (nSPS) is 17.7. The molecule has 1 atom stereocenters. The number of ketones is 1. The fraction of sp³-hybridized carbons (Fsp3) is 0.333. The average Bonchev–Trinajstić information content (AvgIpc) is 3.47. The van der Waals surface area contributed by atoms with E-state index in [1.165, 1.54) is 4.90 Å². The van der Waals surface area contributed by atoms with Crippen LogP contribution in [0.2, 0.25) is 0 Å². The Balaban J connectivity index is 1.82. The van der Waals surface area contributed by atoms with Crippen molar-refractivity contribution < 1.29 is 19.4 Å². The predicted molar refractivity (Wildman–Crippen MR) is 122 cm³/mol. The molecule has 1 saturated heterocycles. The van der Waals surface area contributed by atoms with Crippen LogP contribution in [0.5, 0.6) is 5.75 Å². The van der Waals surface area contributed by atoms with Gasteiger partial charge in [-0.05, 0) is 26.3 Å². The molecule has 3 aromatic rings. The van der Waals surface area contributed by atoms with Gasteiger partial charge in [0.15, 0.2) is 0 Å². The second-order valence-corrected chi connectivity index (χ2v) is 8.06. The summed E-state index contributed by atoms with van der Waals surface area (Å²) in [4.78, 5) is 31.9. The minimum atomic E-state index is -0.775. The maximum atomic E-state index is 13.2. The summed E-state index contributed by atoms with van der Waals surface area (Å²) in [5.74, 6) is -1.04. The standard InChI is InChI=1S/C24H27N5O4/c1-15-19(16(2)27(3)26-15)22(30)20-21(17-8-5-6-9-18(17)33-4)29(24(32)23(20)31)12-7-11-28-13-10-25-14-28/h5-6,8-10,13-14,21,30H,7,11-12H2,1-4H3. The number of methoxy groups -OCH3 is 1. The smallest absolute Gasteiger partial charge is 0.295 e. The fourth-order valence-corrected chi connectivity index (χ4v) is 4.42.